The molecule has 1 atom stereocenters. The number of nitrogens with zero attached hydrogens (tertiary/aromatic N) is 1. The minimum atomic E-state index is -3.78. The van der Waals surface area contributed by atoms with Crippen LogP contribution in [0.1, 0.15) is 22.0 Å². The molecule has 0 saturated carbocycles. The molecule has 1 heterocycles. The zero-order valence-corrected chi connectivity index (χ0v) is 15.5. The van der Waals surface area contributed by atoms with Gasteiger partial charge in [0.15, 0.2) is 0 Å². The zero-order valence-electron chi connectivity index (χ0n) is 14.7. The van der Waals surface area contributed by atoms with Crippen molar-refractivity contribution >= 4 is 15.9 Å². The number of nitrogens with one attached hydrogen (secondary N) is 1. The lowest BCUT2D eigenvalue weighted by atomic mass is 10.1. The lowest BCUT2D eigenvalue weighted by molar-refractivity contribution is -0.00255. The van der Waals surface area contributed by atoms with Crippen molar-refractivity contribution in [2.24, 2.45) is 0 Å². The van der Waals surface area contributed by atoms with Crippen LogP contribution in [0.25, 0.3) is 0 Å². The highest BCUT2D eigenvalue weighted by atomic mass is 32.2. The number of morpholine rings is 1. The molecule has 0 spiro atoms. The number of hydrogen-bond acceptors (Lipinski definition) is 4. The lowest BCUT2D eigenvalue weighted by Gasteiger charge is -2.32. The Balaban J connectivity index is 1.80. The molecule has 2 aromatic rings. The lowest BCUT2D eigenvalue weighted by Crippen LogP contribution is -2.42. The average molecular weight is 392 g/mol. The Kier molecular flexibility index (Phi) is 6.20. The Bertz CT molecular complexity index is 890. The van der Waals surface area contributed by atoms with E-state index in [1.165, 1.54) is 28.6 Å². The number of benzene rings is 2. The maximum absolute atomic E-state index is 13.0. The topological polar surface area (TPSA) is 75.7 Å². The van der Waals surface area contributed by atoms with E-state index in [4.69, 9.17) is 4.74 Å². The fourth-order valence-corrected chi connectivity index (χ4v) is 4.39. The molecule has 27 heavy (non-hydrogen) atoms. The predicted molar refractivity (Wildman–Crippen MR) is 98.6 cm³/mol. The minimum absolute atomic E-state index is 0.0316. The predicted octanol–water partition coefficient (Wildman–Crippen LogP) is 2.15. The molecule has 0 aliphatic carbocycles. The molecular formula is C19H21FN2O4S. The smallest absolute Gasteiger partial charge is 0.251 e. The maximum atomic E-state index is 13.0. The number of hydrogen-bond donors (Lipinski definition) is 1. The van der Waals surface area contributed by atoms with Gasteiger partial charge in [0.25, 0.3) is 5.91 Å². The molecule has 0 radical (unpaired) electrons. The van der Waals surface area contributed by atoms with Gasteiger partial charge in [-0.05, 0) is 23.8 Å². The molecule has 144 valence electrons. The summed E-state index contributed by atoms with van der Waals surface area (Å²) in [4.78, 5) is 12.0. The Morgan fingerprint density at radius 2 is 1.96 bits per heavy atom. The Labute approximate surface area is 158 Å². The first-order valence-electron chi connectivity index (χ1n) is 8.63. The number of ether oxygens (including phenoxy) is 1. The quantitative estimate of drug-likeness (QED) is 0.817. The van der Waals surface area contributed by atoms with Gasteiger partial charge in [0, 0.05) is 25.2 Å². The number of alkyl halides is 1. The second-order valence-electron chi connectivity index (χ2n) is 6.11. The van der Waals surface area contributed by atoms with E-state index in [2.05, 4.69) is 5.32 Å². The summed E-state index contributed by atoms with van der Waals surface area (Å²) < 4.78 is 45.4. The number of halogens is 1. The number of amides is 1. The van der Waals surface area contributed by atoms with Gasteiger partial charge in [-0.25, -0.2) is 12.8 Å². The summed E-state index contributed by atoms with van der Waals surface area (Å²) in [6.45, 7) is -0.0690. The highest BCUT2D eigenvalue weighted by Crippen LogP contribution is 2.26. The first-order chi connectivity index (χ1) is 13.0. The van der Waals surface area contributed by atoms with Gasteiger partial charge in [-0.1, -0.05) is 36.4 Å². The summed E-state index contributed by atoms with van der Waals surface area (Å²) in [5.41, 5.74) is 1.09. The molecular weight excluding hydrogens is 371 g/mol. The van der Waals surface area contributed by atoms with E-state index in [0.717, 1.165) is 5.56 Å². The molecule has 6 nitrogen and oxygen atoms in total. The van der Waals surface area contributed by atoms with Crippen molar-refractivity contribution in [3.63, 3.8) is 0 Å². The van der Waals surface area contributed by atoms with Crippen LogP contribution in [0.15, 0.2) is 59.5 Å². The van der Waals surface area contributed by atoms with Crippen LogP contribution < -0.4 is 5.32 Å². The number of carbonyl (C=O) groups excluding carboxylic acids is 1. The summed E-state index contributed by atoms with van der Waals surface area (Å²) >= 11 is 0. The van der Waals surface area contributed by atoms with Gasteiger partial charge in [0.1, 0.15) is 6.67 Å². The fourth-order valence-electron chi connectivity index (χ4n) is 2.92. The van der Waals surface area contributed by atoms with Crippen LogP contribution in [0.5, 0.6) is 0 Å². The molecule has 2 aromatic carbocycles. The van der Waals surface area contributed by atoms with Gasteiger partial charge in [-0.15, -0.1) is 0 Å². The van der Waals surface area contributed by atoms with Crippen molar-refractivity contribution in [1.82, 2.24) is 9.62 Å². The molecule has 0 aromatic heterocycles. The standard InChI is InChI=1S/C19H21FN2O4S/c20-9-10-21-19(23)16-7-4-8-17(13-16)27(24,25)22-11-12-26-18(14-22)15-5-2-1-3-6-15/h1-8,13,18H,9-12,14H2,(H,21,23)/t18-/m0/s1. The molecule has 1 N–H and O–H groups in total. The second kappa shape index (κ2) is 8.60. The van der Waals surface area contributed by atoms with E-state index in [-0.39, 0.29) is 42.8 Å². The molecule has 0 bridgehead atoms. The van der Waals surface area contributed by atoms with Gasteiger partial charge in [-0.3, -0.25) is 4.79 Å². The van der Waals surface area contributed by atoms with Crippen LogP contribution in [0.2, 0.25) is 0 Å². The van der Waals surface area contributed by atoms with Gasteiger partial charge >= 0.3 is 0 Å². The zero-order chi connectivity index (χ0) is 19.3. The van der Waals surface area contributed by atoms with Gasteiger partial charge in [-0.2, -0.15) is 4.31 Å². The van der Waals surface area contributed by atoms with Crippen LogP contribution in [0.3, 0.4) is 0 Å². The van der Waals surface area contributed by atoms with Crippen molar-refractivity contribution in [1.29, 1.82) is 0 Å². The van der Waals surface area contributed by atoms with E-state index in [0.29, 0.717) is 0 Å². The van der Waals surface area contributed by atoms with Crippen molar-refractivity contribution in [2.45, 2.75) is 11.0 Å². The van der Waals surface area contributed by atoms with E-state index in [1.807, 2.05) is 30.3 Å². The normalized spacial score (nSPS) is 18.2. The molecule has 1 aliphatic rings. The Morgan fingerprint density at radius 3 is 2.70 bits per heavy atom. The molecule has 1 aliphatic heterocycles. The molecule has 1 fully saturated rings. The molecule has 0 unspecified atom stereocenters. The van der Waals surface area contributed by atoms with Crippen molar-refractivity contribution < 1.29 is 22.3 Å². The number of carbonyl (C=O) groups is 1. The van der Waals surface area contributed by atoms with Crippen LogP contribution in [0.4, 0.5) is 4.39 Å². The summed E-state index contributed by atoms with van der Waals surface area (Å²) in [5.74, 6) is -0.506. The highest BCUT2D eigenvalue weighted by molar-refractivity contribution is 7.89. The molecule has 1 amide bonds. The Morgan fingerprint density at radius 1 is 1.19 bits per heavy atom. The molecule has 3 rings (SSSR count). The first-order valence-corrected chi connectivity index (χ1v) is 10.1. The maximum Gasteiger partial charge on any atom is 0.251 e. The molecule has 8 heteroatoms. The first kappa shape index (κ1) is 19.5. The third kappa shape index (κ3) is 4.52. The van der Waals surface area contributed by atoms with Crippen LogP contribution >= 0.6 is 0 Å². The summed E-state index contributed by atoms with van der Waals surface area (Å²) in [6.07, 6.45) is -0.342. The van der Waals surface area contributed by atoms with E-state index >= 15 is 0 Å². The van der Waals surface area contributed by atoms with E-state index in [1.54, 1.807) is 0 Å². The fraction of sp³-hybridized carbons (Fsp3) is 0.316. The largest absolute Gasteiger partial charge is 0.371 e. The van der Waals surface area contributed by atoms with Gasteiger partial charge in [0.2, 0.25) is 10.0 Å². The number of sulfonamides is 1. The van der Waals surface area contributed by atoms with Crippen molar-refractivity contribution in [3.05, 3.63) is 65.7 Å². The van der Waals surface area contributed by atoms with Gasteiger partial charge in [0.05, 0.1) is 17.6 Å². The van der Waals surface area contributed by atoms with Crippen molar-refractivity contribution in [3.8, 4) is 0 Å². The minimum Gasteiger partial charge on any atom is -0.371 e. The summed E-state index contributed by atoms with van der Waals surface area (Å²) in [5, 5.41) is 2.39. The highest BCUT2D eigenvalue weighted by Gasteiger charge is 2.31. The summed E-state index contributed by atoms with van der Waals surface area (Å²) in [6, 6.07) is 15.2. The SMILES string of the molecule is O=C(NCCF)c1cccc(S(=O)(=O)N2CCO[C@H](c3ccccc3)C2)c1. The van der Waals surface area contributed by atoms with Crippen LogP contribution in [0, 0.1) is 0 Å². The monoisotopic (exact) mass is 392 g/mol. The van der Waals surface area contributed by atoms with Gasteiger partial charge < -0.3 is 10.1 Å². The van der Waals surface area contributed by atoms with Crippen LogP contribution in [-0.4, -0.2) is 51.5 Å². The van der Waals surface area contributed by atoms with E-state index < -0.39 is 22.6 Å². The third-order valence-electron chi connectivity index (χ3n) is 4.31. The summed E-state index contributed by atoms with van der Waals surface area (Å²) in [7, 11) is -3.78. The second-order valence-corrected chi connectivity index (χ2v) is 8.04. The van der Waals surface area contributed by atoms with Crippen molar-refractivity contribution in [2.75, 3.05) is 32.9 Å². The molecule has 1 saturated heterocycles. The van der Waals surface area contributed by atoms with Crippen LogP contribution in [-0.2, 0) is 14.8 Å². The Hall–Kier alpha value is -2.29. The van der Waals surface area contributed by atoms with E-state index in [9.17, 15) is 17.6 Å². The average Bonchev–Trinajstić information content (AvgIpc) is 2.73. The number of rotatable bonds is 6. The third-order valence-corrected chi connectivity index (χ3v) is 6.18.